The average molecular weight is 248 g/mol. The molecule has 0 spiro atoms. The van der Waals surface area contributed by atoms with E-state index in [1.165, 1.54) is 13.0 Å². The quantitative estimate of drug-likeness (QED) is 0.504. The van der Waals surface area contributed by atoms with Gasteiger partial charge in [-0.3, -0.25) is 14.9 Å². The van der Waals surface area contributed by atoms with E-state index in [4.69, 9.17) is 0 Å². The first kappa shape index (κ1) is 12.5. The second-order valence-electron chi connectivity index (χ2n) is 4.67. The minimum Gasteiger partial charge on any atom is -0.377 e. The molecule has 5 nitrogen and oxygen atoms in total. The van der Waals surface area contributed by atoms with Crippen molar-refractivity contribution in [1.82, 2.24) is 0 Å². The van der Waals surface area contributed by atoms with Crippen molar-refractivity contribution in [2.75, 3.05) is 5.32 Å². The van der Waals surface area contributed by atoms with Gasteiger partial charge in [0.1, 0.15) is 5.69 Å². The van der Waals surface area contributed by atoms with Crippen LogP contribution in [0.3, 0.4) is 0 Å². The van der Waals surface area contributed by atoms with Crippen LogP contribution in [0.4, 0.5) is 11.4 Å². The molecule has 5 heteroatoms. The maximum atomic E-state index is 11.2. The Morgan fingerprint density at radius 3 is 2.61 bits per heavy atom. The summed E-state index contributed by atoms with van der Waals surface area (Å²) in [5.74, 6) is -0.162. The highest BCUT2D eigenvalue weighted by Gasteiger charge is 2.21. The molecule has 1 aromatic rings. The first-order chi connectivity index (χ1) is 8.58. The number of anilines is 1. The van der Waals surface area contributed by atoms with E-state index < -0.39 is 4.92 Å². The zero-order valence-corrected chi connectivity index (χ0v) is 10.3. The van der Waals surface area contributed by atoms with Crippen LogP contribution in [0.25, 0.3) is 0 Å². The van der Waals surface area contributed by atoms with Gasteiger partial charge in [-0.05, 0) is 31.9 Å². The number of benzene rings is 1. The van der Waals surface area contributed by atoms with Crippen molar-refractivity contribution in [3.8, 4) is 0 Å². The molecular weight excluding hydrogens is 232 g/mol. The van der Waals surface area contributed by atoms with Crippen molar-refractivity contribution in [2.24, 2.45) is 0 Å². The highest BCUT2D eigenvalue weighted by Crippen LogP contribution is 2.29. The Morgan fingerprint density at radius 2 is 2.06 bits per heavy atom. The van der Waals surface area contributed by atoms with Crippen LogP contribution < -0.4 is 5.32 Å². The molecule has 0 atom stereocenters. The smallest absolute Gasteiger partial charge is 0.293 e. The van der Waals surface area contributed by atoms with E-state index in [1.807, 2.05) is 0 Å². The van der Waals surface area contributed by atoms with Gasteiger partial charge in [-0.15, -0.1) is 0 Å². The molecule has 0 bridgehead atoms. The first-order valence-electron chi connectivity index (χ1n) is 6.14. The van der Waals surface area contributed by atoms with Gasteiger partial charge in [0.25, 0.3) is 5.69 Å². The molecule has 1 aliphatic carbocycles. The van der Waals surface area contributed by atoms with E-state index in [-0.39, 0.29) is 11.5 Å². The molecule has 0 radical (unpaired) electrons. The van der Waals surface area contributed by atoms with Crippen molar-refractivity contribution in [2.45, 2.75) is 38.6 Å². The molecule has 0 aromatic heterocycles. The van der Waals surface area contributed by atoms with Gasteiger partial charge >= 0.3 is 0 Å². The summed E-state index contributed by atoms with van der Waals surface area (Å²) in [5.41, 5.74) is 0.866. The summed E-state index contributed by atoms with van der Waals surface area (Å²) in [5, 5.41) is 14.2. The number of ketones is 1. The number of nitro groups is 1. The molecule has 0 amide bonds. The number of carbonyl (C=O) groups is 1. The molecule has 0 heterocycles. The molecule has 0 aliphatic heterocycles. The van der Waals surface area contributed by atoms with E-state index in [0.29, 0.717) is 17.3 Å². The van der Waals surface area contributed by atoms with Gasteiger partial charge in [0.15, 0.2) is 5.78 Å². The van der Waals surface area contributed by atoms with Crippen molar-refractivity contribution in [3.05, 3.63) is 33.9 Å². The number of nitro benzene ring substituents is 1. The van der Waals surface area contributed by atoms with Gasteiger partial charge in [0, 0.05) is 17.7 Å². The fourth-order valence-electron chi connectivity index (χ4n) is 2.31. The zero-order chi connectivity index (χ0) is 13.1. The molecule has 1 aliphatic rings. The highest BCUT2D eigenvalue weighted by molar-refractivity contribution is 5.95. The molecule has 2 rings (SSSR count). The van der Waals surface area contributed by atoms with Gasteiger partial charge < -0.3 is 5.32 Å². The fourth-order valence-corrected chi connectivity index (χ4v) is 2.31. The number of hydrogen-bond acceptors (Lipinski definition) is 4. The van der Waals surface area contributed by atoms with Gasteiger partial charge in [-0.25, -0.2) is 0 Å². The molecule has 0 unspecified atom stereocenters. The lowest BCUT2D eigenvalue weighted by Gasteiger charge is -2.13. The Bertz CT molecular complexity index is 479. The van der Waals surface area contributed by atoms with Crippen molar-refractivity contribution in [1.29, 1.82) is 0 Å². The summed E-state index contributed by atoms with van der Waals surface area (Å²) in [4.78, 5) is 21.8. The fraction of sp³-hybridized carbons (Fsp3) is 0.462. The van der Waals surface area contributed by atoms with Gasteiger partial charge in [-0.1, -0.05) is 12.8 Å². The van der Waals surface area contributed by atoms with Crippen molar-refractivity contribution < 1.29 is 9.72 Å². The molecule has 0 saturated heterocycles. The predicted octanol–water partition coefficient (Wildman–Crippen LogP) is 3.15. The van der Waals surface area contributed by atoms with Crippen LogP contribution in [0.1, 0.15) is 43.0 Å². The Hall–Kier alpha value is -1.91. The molecule has 1 N–H and O–H groups in total. The van der Waals surface area contributed by atoms with Crippen molar-refractivity contribution >= 4 is 17.2 Å². The lowest BCUT2D eigenvalue weighted by molar-refractivity contribution is -0.384. The Labute approximate surface area is 105 Å². The minimum atomic E-state index is -0.441. The van der Waals surface area contributed by atoms with Gasteiger partial charge in [0.05, 0.1) is 4.92 Å². The first-order valence-corrected chi connectivity index (χ1v) is 6.14. The van der Waals surface area contributed by atoms with Crippen LogP contribution in [0.5, 0.6) is 0 Å². The molecule has 1 aromatic carbocycles. The monoisotopic (exact) mass is 248 g/mol. The van der Waals surface area contributed by atoms with E-state index >= 15 is 0 Å². The number of Topliss-reactive ketones (excluding diaryl/α,β-unsaturated/α-hetero) is 1. The summed E-state index contributed by atoms with van der Waals surface area (Å²) in [7, 11) is 0. The maximum absolute atomic E-state index is 11.2. The van der Waals surface area contributed by atoms with Gasteiger partial charge in [-0.2, -0.15) is 0 Å². The van der Waals surface area contributed by atoms with E-state index in [1.54, 1.807) is 12.1 Å². The normalized spacial score (nSPS) is 15.6. The lowest BCUT2D eigenvalue weighted by Crippen LogP contribution is -2.15. The SMILES string of the molecule is CC(=O)c1ccc(NC2CCCC2)c([N+](=O)[O-])c1. The minimum absolute atomic E-state index is 0.0189. The topological polar surface area (TPSA) is 72.2 Å². The molecule has 1 saturated carbocycles. The predicted molar refractivity (Wildman–Crippen MR) is 69.0 cm³/mol. The second kappa shape index (κ2) is 5.16. The summed E-state index contributed by atoms with van der Waals surface area (Å²) in [6.07, 6.45) is 4.42. The summed E-state index contributed by atoms with van der Waals surface area (Å²) < 4.78 is 0. The van der Waals surface area contributed by atoms with E-state index in [9.17, 15) is 14.9 Å². The summed E-state index contributed by atoms with van der Waals surface area (Å²) in [6.45, 7) is 1.41. The number of hydrogen-bond donors (Lipinski definition) is 1. The van der Waals surface area contributed by atoms with Crippen LogP contribution >= 0.6 is 0 Å². The number of rotatable bonds is 4. The lowest BCUT2D eigenvalue weighted by atomic mass is 10.1. The average Bonchev–Trinajstić information content (AvgIpc) is 2.81. The maximum Gasteiger partial charge on any atom is 0.293 e. The summed E-state index contributed by atoms with van der Waals surface area (Å²) >= 11 is 0. The number of nitrogens with one attached hydrogen (secondary N) is 1. The summed E-state index contributed by atoms with van der Waals surface area (Å²) in [6, 6.07) is 4.92. The van der Waals surface area contributed by atoms with Crippen LogP contribution in [-0.4, -0.2) is 16.7 Å². The molecule has 96 valence electrons. The van der Waals surface area contributed by atoms with E-state index in [0.717, 1.165) is 25.7 Å². The molecule has 1 fully saturated rings. The largest absolute Gasteiger partial charge is 0.377 e. The van der Waals surface area contributed by atoms with E-state index in [2.05, 4.69) is 5.32 Å². The Balaban J connectivity index is 2.28. The van der Waals surface area contributed by atoms with Gasteiger partial charge in [0.2, 0.25) is 0 Å². The second-order valence-corrected chi connectivity index (χ2v) is 4.67. The Morgan fingerprint density at radius 1 is 1.39 bits per heavy atom. The van der Waals surface area contributed by atoms with Crippen LogP contribution in [-0.2, 0) is 0 Å². The highest BCUT2D eigenvalue weighted by atomic mass is 16.6. The third-order valence-electron chi connectivity index (χ3n) is 3.32. The van der Waals surface area contributed by atoms with Crippen LogP contribution in [0, 0.1) is 10.1 Å². The zero-order valence-electron chi connectivity index (χ0n) is 10.3. The standard InChI is InChI=1S/C13H16N2O3/c1-9(16)10-6-7-12(13(8-10)15(17)18)14-11-4-2-3-5-11/h6-8,11,14H,2-5H2,1H3. The third kappa shape index (κ3) is 2.67. The Kier molecular flexibility index (Phi) is 3.60. The molecular formula is C13H16N2O3. The third-order valence-corrected chi connectivity index (χ3v) is 3.32. The van der Waals surface area contributed by atoms with Crippen LogP contribution in [0.15, 0.2) is 18.2 Å². The number of nitrogens with zero attached hydrogens (tertiary/aromatic N) is 1. The molecule has 18 heavy (non-hydrogen) atoms. The van der Waals surface area contributed by atoms with Crippen LogP contribution in [0.2, 0.25) is 0 Å². The number of carbonyl (C=O) groups excluding carboxylic acids is 1. The van der Waals surface area contributed by atoms with Crippen molar-refractivity contribution in [3.63, 3.8) is 0 Å².